The summed E-state index contributed by atoms with van der Waals surface area (Å²) < 4.78 is 0. The van der Waals surface area contributed by atoms with Crippen molar-refractivity contribution in [1.82, 2.24) is 10.2 Å². The molecule has 0 radical (unpaired) electrons. The molecular formula is C17H25N3. The number of nitrogens with zero attached hydrogens (tertiary/aromatic N) is 1. The van der Waals surface area contributed by atoms with E-state index >= 15 is 0 Å². The van der Waals surface area contributed by atoms with Crippen LogP contribution >= 0.6 is 0 Å². The summed E-state index contributed by atoms with van der Waals surface area (Å²) in [6.45, 7) is 7.09. The third kappa shape index (κ3) is 2.54. The van der Waals surface area contributed by atoms with Gasteiger partial charge in [0.1, 0.15) is 0 Å². The molecule has 1 fully saturated rings. The predicted molar refractivity (Wildman–Crippen MR) is 84.8 cm³/mol. The van der Waals surface area contributed by atoms with Gasteiger partial charge in [-0.15, -0.1) is 0 Å². The second kappa shape index (κ2) is 5.47. The van der Waals surface area contributed by atoms with Crippen molar-refractivity contribution in [2.45, 2.75) is 46.1 Å². The van der Waals surface area contributed by atoms with E-state index in [-0.39, 0.29) is 0 Å². The maximum Gasteiger partial charge on any atom is 0.0671 e. The molecule has 1 aliphatic rings. The van der Waals surface area contributed by atoms with Gasteiger partial charge < -0.3 is 5.32 Å². The average molecular weight is 271 g/mol. The van der Waals surface area contributed by atoms with Crippen LogP contribution in [0.1, 0.15) is 40.0 Å². The molecule has 0 aliphatic heterocycles. The normalized spacial score (nSPS) is 27.1. The van der Waals surface area contributed by atoms with Gasteiger partial charge in [0, 0.05) is 17.1 Å². The summed E-state index contributed by atoms with van der Waals surface area (Å²) in [5, 5.41) is 12.2. The molecule has 0 spiro atoms. The van der Waals surface area contributed by atoms with Crippen molar-refractivity contribution >= 4 is 16.6 Å². The van der Waals surface area contributed by atoms with E-state index in [0.717, 1.165) is 23.3 Å². The van der Waals surface area contributed by atoms with Crippen LogP contribution < -0.4 is 5.32 Å². The first-order valence-corrected chi connectivity index (χ1v) is 7.83. The lowest BCUT2D eigenvalue weighted by atomic mass is 9.74. The molecule has 3 unspecified atom stereocenters. The fourth-order valence-electron chi connectivity index (χ4n) is 3.66. The van der Waals surface area contributed by atoms with Crippen molar-refractivity contribution in [2.75, 3.05) is 5.32 Å². The maximum atomic E-state index is 4.16. The fourth-order valence-corrected chi connectivity index (χ4v) is 3.66. The van der Waals surface area contributed by atoms with E-state index in [0.29, 0.717) is 6.04 Å². The molecule has 108 valence electrons. The first kappa shape index (κ1) is 13.5. The van der Waals surface area contributed by atoms with Crippen LogP contribution in [0.3, 0.4) is 0 Å². The van der Waals surface area contributed by atoms with Gasteiger partial charge in [-0.1, -0.05) is 33.3 Å². The van der Waals surface area contributed by atoms with Crippen molar-refractivity contribution in [3.8, 4) is 0 Å². The van der Waals surface area contributed by atoms with Crippen molar-refractivity contribution < 1.29 is 0 Å². The first-order chi connectivity index (χ1) is 9.65. The predicted octanol–water partition coefficient (Wildman–Crippen LogP) is 4.44. The Balaban J connectivity index is 1.86. The van der Waals surface area contributed by atoms with Crippen LogP contribution in [0.2, 0.25) is 0 Å². The summed E-state index contributed by atoms with van der Waals surface area (Å²) >= 11 is 0. The van der Waals surface area contributed by atoms with E-state index in [9.17, 15) is 0 Å². The molecule has 3 nitrogen and oxygen atoms in total. The quantitative estimate of drug-likeness (QED) is 0.866. The molecule has 1 aliphatic carbocycles. The third-order valence-electron chi connectivity index (χ3n) is 4.85. The summed E-state index contributed by atoms with van der Waals surface area (Å²) in [6.07, 6.45) is 5.92. The number of benzene rings is 1. The Hall–Kier alpha value is -1.51. The van der Waals surface area contributed by atoms with Crippen molar-refractivity contribution in [1.29, 1.82) is 0 Å². The van der Waals surface area contributed by atoms with Crippen LogP contribution in [0.4, 0.5) is 5.69 Å². The Bertz CT molecular complexity index is 572. The number of aromatic nitrogens is 2. The highest BCUT2D eigenvalue weighted by molar-refractivity contribution is 5.90. The van der Waals surface area contributed by atoms with Crippen LogP contribution in [-0.4, -0.2) is 16.2 Å². The van der Waals surface area contributed by atoms with Crippen LogP contribution in [-0.2, 0) is 0 Å². The van der Waals surface area contributed by atoms with Crippen LogP contribution in [0.25, 0.3) is 10.9 Å². The fraction of sp³-hybridized carbons (Fsp3) is 0.588. The summed E-state index contributed by atoms with van der Waals surface area (Å²) in [4.78, 5) is 0. The summed E-state index contributed by atoms with van der Waals surface area (Å²) in [5.74, 6) is 2.34. The molecule has 3 heteroatoms. The number of H-pyrrole nitrogens is 1. The monoisotopic (exact) mass is 271 g/mol. The third-order valence-corrected chi connectivity index (χ3v) is 4.85. The van der Waals surface area contributed by atoms with Gasteiger partial charge >= 0.3 is 0 Å². The molecule has 2 N–H and O–H groups in total. The molecule has 0 saturated heterocycles. The lowest BCUT2D eigenvalue weighted by Crippen LogP contribution is -2.37. The van der Waals surface area contributed by atoms with Gasteiger partial charge in [-0.2, -0.15) is 5.10 Å². The Kier molecular flexibility index (Phi) is 3.68. The molecular weight excluding hydrogens is 246 g/mol. The second-order valence-corrected chi connectivity index (χ2v) is 6.71. The number of anilines is 1. The SMILES string of the molecule is CC1CCC(C(C)C)C(Nc2cccc3[nH]ncc23)C1. The number of hydrogen-bond acceptors (Lipinski definition) is 2. The van der Waals surface area contributed by atoms with E-state index in [4.69, 9.17) is 0 Å². The maximum absolute atomic E-state index is 4.16. The van der Waals surface area contributed by atoms with Gasteiger partial charge in [-0.3, -0.25) is 5.10 Å². The number of aromatic amines is 1. The van der Waals surface area contributed by atoms with Crippen LogP contribution in [0.5, 0.6) is 0 Å². The van der Waals surface area contributed by atoms with Crippen LogP contribution in [0.15, 0.2) is 24.4 Å². The first-order valence-electron chi connectivity index (χ1n) is 7.83. The van der Waals surface area contributed by atoms with E-state index < -0.39 is 0 Å². The van der Waals surface area contributed by atoms with Gasteiger partial charge in [0.25, 0.3) is 0 Å². The molecule has 3 rings (SSSR count). The molecule has 1 heterocycles. The van der Waals surface area contributed by atoms with E-state index in [1.165, 1.54) is 30.3 Å². The minimum absolute atomic E-state index is 0.583. The molecule has 0 amide bonds. The van der Waals surface area contributed by atoms with E-state index in [2.05, 4.69) is 54.5 Å². The highest BCUT2D eigenvalue weighted by atomic mass is 15.1. The largest absolute Gasteiger partial charge is 0.381 e. The van der Waals surface area contributed by atoms with E-state index in [1.807, 2.05) is 6.20 Å². The molecule has 2 aromatic rings. The highest BCUT2D eigenvalue weighted by Gasteiger charge is 2.30. The summed E-state index contributed by atoms with van der Waals surface area (Å²) in [5.41, 5.74) is 2.33. The molecule has 1 aromatic heterocycles. The topological polar surface area (TPSA) is 40.7 Å². The zero-order valence-corrected chi connectivity index (χ0v) is 12.7. The molecule has 1 saturated carbocycles. The van der Waals surface area contributed by atoms with Crippen molar-refractivity contribution in [2.24, 2.45) is 17.8 Å². The van der Waals surface area contributed by atoms with Crippen molar-refractivity contribution in [3.63, 3.8) is 0 Å². The molecule has 0 bridgehead atoms. The minimum Gasteiger partial charge on any atom is -0.381 e. The zero-order valence-electron chi connectivity index (χ0n) is 12.7. The van der Waals surface area contributed by atoms with Gasteiger partial charge in [0.05, 0.1) is 11.7 Å². The highest BCUT2D eigenvalue weighted by Crippen LogP contribution is 2.36. The van der Waals surface area contributed by atoms with E-state index in [1.54, 1.807) is 0 Å². The molecule has 20 heavy (non-hydrogen) atoms. The zero-order chi connectivity index (χ0) is 14.1. The van der Waals surface area contributed by atoms with Crippen molar-refractivity contribution in [3.05, 3.63) is 24.4 Å². The van der Waals surface area contributed by atoms with Gasteiger partial charge in [0.15, 0.2) is 0 Å². The Labute approximate surface area is 121 Å². The molecule has 3 atom stereocenters. The lowest BCUT2D eigenvalue weighted by Gasteiger charge is -2.38. The Morgan fingerprint density at radius 2 is 2.15 bits per heavy atom. The summed E-state index contributed by atoms with van der Waals surface area (Å²) in [6, 6.07) is 6.93. The smallest absolute Gasteiger partial charge is 0.0671 e. The number of fused-ring (bicyclic) bond motifs is 1. The van der Waals surface area contributed by atoms with Gasteiger partial charge in [-0.05, 0) is 42.7 Å². The second-order valence-electron chi connectivity index (χ2n) is 6.71. The Morgan fingerprint density at radius 1 is 1.30 bits per heavy atom. The minimum atomic E-state index is 0.583. The van der Waals surface area contributed by atoms with Crippen LogP contribution in [0, 0.1) is 17.8 Å². The Morgan fingerprint density at radius 3 is 2.95 bits per heavy atom. The lowest BCUT2D eigenvalue weighted by molar-refractivity contribution is 0.212. The number of nitrogens with one attached hydrogen (secondary N) is 2. The average Bonchev–Trinajstić information content (AvgIpc) is 2.88. The van der Waals surface area contributed by atoms with Gasteiger partial charge in [-0.25, -0.2) is 0 Å². The van der Waals surface area contributed by atoms with Gasteiger partial charge in [0.2, 0.25) is 0 Å². The number of rotatable bonds is 3. The summed E-state index contributed by atoms with van der Waals surface area (Å²) in [7, 11) is 0. The molecule has 1 aromatic carbocycles. The number of hydrogen-bond donors (Lipinski definition) is 2. The standard InChI is InChI=1S/C17H25N3/c1-11(2)13-8-7-12(3)9-17(13)19-15-5-4-6-16-14(15)10-18-20-16/h4-6,10-13,17,19H,7-9H2,1-3H3,(H,18,20).